The van der Waals surface area contributed by atoms with Crippen molar-refractivity contribution in [2.45, 2.75) is 0 Å². The zero-order valence-corrected chi connectivity index (χ0v) is 7.01. The first-order valence-corrected chi connectivity index (χ1v) is 3.07. The monoisotopic (exact) mass is 218 g/mol. The van der Waals surface area contributed by atoms with Gasteiger partial charge in [0.2, 0.25) is 0 Å². The van der Waals surface area contributed by atoms with Gasteiger partial charge in [-0.25, -0.2) is 0 Å². The molecule has 2 aromatic carbocycles. The van der Waals surface area contributed by atoms with Crippen LogP contribution in [0.15, 0.2) is 42.5 Å². The van der Waals surface area contributed by atoms with Gasteiger partial charge in [0, 0.05) is 19.5 Å². The Bertz CT molecular complexity index is 279. The molecule has 0 unspecified atom stereocenters. The number of fused-ring (bicyclic) bond motifs is 1. The quantitative estimate of drug-likeness (QED) is 0.470. The first-order chi connectivity index (χ1) is 4.47. The second kappa shape index (κ2) is 3.03. The van der Waals surface area contributed by atoms with Crippen molar-refractivity contribution in [1.82, 2.24) is 0 Å². The Hall–Kier alpha value is -0.547. The van der Waals surface area contributed by atoms with Crippen LogP contribution in [0.2, 0.25) is 0 Å². The Morgan fingerprint density at radius 3 is 2.60 bits per heavy atom. The van der Waals surface area contributed by atoms with Crippen LogP contribution < -0.4 is 0 Å². The van der Waals surface area contributed by atoms with Gasteiger partial charge in [0.05, 0.1) is 0 Å². The number of rotatable bonds is 0. The van der Waals surface area contributed by atoms with Crippen molar-refractivity contribution in [3.05, 3.63) is 42.5 Å². The molecule has 0 aliphatic heterocycles. The molecule has 10 heavy (non-hydrogen) atoms. The third-order valence-corrected chi connectivity index (χ3v) is 1.55. The van der Waals surface area contributed by atoms with Gasteiger partial charge in [-0.2, -0.15) is 17.5 Å². The van der Waals surface area contributed by atoms with Crippen molar-refractivity contribution in [3.63, 3.8) is 0 Å². The second-order valence-corrected chi connectivity index (χ2v) is 2.15. The second-order valence-electron chi connectivity index (χ2n) is 2.15. The largest absolute Gasteiger partial charge is 0.168 e. The van der Waals surface area contributed by atoms with E-state index in [2.05, 4.69) is 42.5 Å². The average molecular weight is 218 g/mol. The van der Waals surface area contributed by atoms with Gasteiger partial charge < -0.3 is 0 Å². The van der Waals surface area contributed by atoms with E-state index in [9.17, 15) is 0 Å². The zero-order chi connectivity index (χ0) is 6.10. The fourth-order valence-electron chi connectivity index (χ4n) is 1.07. The molecule has 1 heteroatoms. The van der Waals surface area contributed by atoms with Gasteiger partial charge in [-0.3, -0.25) is 0 Å². The summed E-state index contributed by atoms with van der Waals surface area (Å²) >= 11 is 0. The van der Waals surface area contributed by atoms with Gasteiger partial charge in [-0.05, 0) is 0 Å². The Morgan fingerprint density at radius 1 is 1.00 bits per heavy atom. The molecule has 0 heterocycles. The predicted molar refractivity (Wildman–Crippen MR) is 39.5 cm³/mol. The van der Waals surface area contributed by atoms with Gasteiger partial charge in [0.1, 0.15) is 0 Å². The number of hydrogen-bond acceptors (Lipinski definition) is 0. The van der Waals surface area contributed by atoms with Crippen LogP contribution in [0.25, 0.3) is 10.8 Å². The van der Waals surface area contributed by atoms with E-state index < -0.39 is 0 Å². The predicted octanol–water partition coefficient (Wildman–Crippen LogP) is 2.56. The number of hydrogen-bond donors (Lipinski definition) is 0. The summed E-state index contributed by atoms with van der Waals surface area (Å²) in [6, 6.07) is 14.7. The molecule has 53 valence electrons. The molecule has 0 aliphatic rings. The Morgan fingerprint density at radius 2 is 1.80 bits per heavy atom. The summed E-state index contributed by atoms with van der Waals surface area (Å²) < 4.78 is 0. The van der Waals surface area contributed by atoms with Gasteiger partial charge in [0.25, 0.3) is 0 Å². The summed E-state index contributed by atoms with van der Waals surface area (Å²) in [5.74, 6) is 0. The average Bonchev–Trinajstić information content (AvgIpc) is 2.33. The van der Waals surface area contributed by atoms with E-state index in [1.165, 1.54) is 10.8 Å². The molecular weight excluding hydrogens is 211 g/mol. The summed E-state index contributed by atoms with van der Waals surface area (Å²) in [4.78, 5) is 0. The molecule has 0 saturated carbocycles. The molecule has 0 aliphatic carbocycles. The Labute approximate surface area is 73.0 Å². The first kappa shape index (κ1) is 7.56. The summed E-state index contributed by atoms with van der Waals surface area (Å²) in [6.07, 6.45) is 0. The molecule has 0 N–H and O–H groups in total. The minimum absolute atomic E-state index is 0. The summed E-state index contributed by atoms with van der Waals surface area (Å²) in [5.41, 5.74) is 0. The van der Waals surface area contributed by atoms with Crippen molar-refractivity contribution in [2.75, 3.05) is 0 Å². The molecular formula is C9H7Rh-. The van der Waals surface area contributed by atoms with Crippen LogP contribution in [0.5, 0.6) is 0 Å². The molecule has 0 nitrogen and oxygen atoms in total. The molecule has 0 bridgehead atoms. The Balaban J connectivity index is 0.000000500. The molecule has 0 aromatic heterocycles. The molecule has 0 saturated heterocycles. The van der Waals surface area contributed by atoms with E-state index in [-0.39, 0.29) is 19.5 Å². The molecule has 1 radical (unpaired) electrons. The molecule has 0 spiro atoms. The van der Waals surface area contributed by atoms with Gasteiger partial charge in [-0.15, -0.1) is 29.7 Å². The van der Waals surface area contributed by atoms with Crippen molar-refractivity contribution < 1.29 is 19.5 Å². The van der Waals surface area contributed by atoms with E-state index >= 15 is 0 Å². The van der Waals surface area contributed by atoms with Crippen molar-refractivity contribution in [3.8, 4) is 0 Å². The summed E-state index contributed by atoms with van der Waals surface area (Å²) in [5, 5.41) is 2.66. The number of benzene rings is 1. The van der Waals surface area contributed by atoms with E-state index in [1.54, 1.807) is 0 Å². The van der Waals surface area contributed by atoms with Crippen molar-refractivity contribution >= 4 is 10.8 Å². The van der Waals surface area contributed by atoms with Crippen LogP contribution in [-0.4, -0.2) is 0 Å². The van der Waals surface area contributed by atoms with Gasteiger partial charge in [-0.1, -0.05) is 6.07 Å². The maximum absolute atomic E-state index is 2.12. The normalized spacial score (nSPS) is 9.20. The van der Waals surface area contributed by atoms with Crippen molar-refractivity contribution in [2.24, 2.45) is 0 Å². The van der Waals surface area contributed by atoms with Crippen LogP contribution in [0.4, 0.5) is 0 Å². The smallest absolute Gasteiger partial charge is 0 e. The summed E-state index contributed by atoms with van der Waals surface area (Å²) in [7, 11) is 0. The van der Waals surface area contributed by atoms with Crippen LogP contribution >= 0.6 is 0 Å². The first-order valence-electron chi connectivity index (χ1n) is 3.07. The van der Waals surface area contributed by atoms with E-state index in [0.29, 0.717) is 0 Å². The zero-order valence-electron chi connectivity index (χ0n) is 5.37. The SMILES string of the molecule is [Rh].c1ccc2[cH-]ccc2c1. The molecule has 2 aromatic rings. The molecule has 0 fully saturated rings. The van der Waals surface area contributed by atoms with Crippen LogP contribution in [0.3, 0.4) is 0 Å². The van der Waals surface area contributed by atoms with E-state index in [0.717, 1.165) is 0 Å². The minimum atomic E-state index is 0. The topological polar surface area (TPSA) is 0 Å². The van der Waals surface area contributed by atoms with Gasteiger partial charge in [0.15, 0.2) is 0 Å². The maximum atomic E-state index is 2.12. The van der Waals surface area contributed by atoms with Gasteiger partial charge >= 0.3 is 0 Å². The standard InChI is InChI=1S/C9H7.Rh/c1-2-5-9-7-3-6-8(9)4-1;/h1-7H;/q-1;. The van der Waals surface area contributed by atoms with Crippen LogP contribution in [-0.2, 0) is 19.5 Å². The summed E-state index contributed by atoms with van der Waals surface area (Å²) in [6.45, 7) is 0. The Kier molecular flexibility index (Phi) is 2.29. The maximum Gasteiger partial charge on any atom is 0 e. The molecule has 0 atom stereocenters. The van der Waals surface area contributed by atoms with Crippen LogP contribution in [0, 0.1) is 0 Å². The van der Waals surface area contributed by atoms with E-state index in [1.807, 2.05) is 0 Å². The third-order valence-electron chi connectivity index (χ3n) is 1.55. The minimum Gasteiger partial charge on any atom is -0.168 e. The fourth-order valence-corrected chi connectivity index (χ4v) is 1.07. The third kappa shape index (κ3) is 1.15. The van der Waals surface area contributed by atoms with Crippen LogP contribution in [0.1, 0.15) is 0 Å². The van der Waals surface area contributed by atoms with E-state index in [4.69, 9.17) is 0 Å². The van der Waals surface area contributed by atoms with Crippen molar-refractivity contribution in [1.29, 1.82) is 0 Å². The molecule has 0 amide bonds. The fraction of sp³-hybridized carbons (Fsp3) is 0. The molecule has 2 rings (SSSR count).